The zero-order valence-electron chi connectivity index (χ0n) is 22.9. The second-order valence-corrected chi connectivity index (χ2v) is 10.9. The van der Waals surface area contributed by atoms with Gasteiger partial charge in [-0.2, -0.15) is 55.4 Å². The first-order valence-electron chi connectivity index (χ1n) is 12.6. The van der Waals surface area contributed by atoms with Gasteiger partial charge in [0.1, 0.15) is 33.0 Å². The van der Waals surface area contributed by atoms with E-state index in [0.717, 1.165) is 6.92 Å². The summed E-state index contributed by atoms with van der Waals surface area (Å²) in [7, 11) is 0. The molecule has 0 bridgehead atoms. The second kappa shape index (κ2) is 22.9. The van der Waals surface area contributed by atoms with E-state index >= 15 is 0 Å². The normalized spacial score (nSPS) is 12.5. The molecule has 0 rings (SSSR count). The van der Waals surface area contributed by atoms with Crippen LogP contribution < -0.4 is 0 Å². The fourth-order valence-electron chi connectivity index (χ4n) is 2.98. The van der Waals surface area contributed by atoms with Gasteiger partial charge in [0, 0.05) is 29.9 Å². The summed E-state index contributed by atoms with van der Waals surface area (Å²) < 4.78 is 32.3. The number of hydrogen-bond acceptors (Lipinski definition) is 17. The molecule has 1 atom stereocenters. The Morgan fingerprint density at radius 3 is 1.17 bits per heavy atom. The van der Waals surface area contributed by atoms with E-state index in [1.165, 1.54) is 0 Å². The molecular formula is C24H39NO12S4. The summed E-state index contributed by atoms with van der Waals surface area (Å²) >= 11 is 16.0. The van der Waals surface area contributed by atoms with Gasteiger partial charge in [0.05, 0.1) is 56.3 Å². The van der Waals surface area contributed by atoms with Gasteiger partial charge in [-0.25, -0.2) is 0 Å². The average Bonchev–Trinajstić information content (AvgIpc) is 2.92. The fourth-order valence-corrected chi connectivity index (χ4v) is 3.71. The molecule has 0 aliphatic heterocycles. The molecule has 0 amide bonds. The van der Waals surface area contributed by atoms with Crippen LogP contribution in [0.1, 0.15) is 32.6 Å². The number of rotatable bonds is 24. The van der Waals surface area contributed by atoms with Crippen LogP contribution in [-0.2, 0) is 52.4 Å². The van der Waals surface area contributed by atoms with Crippen molar-refractivity contribution in [1.29, 1.82) is 0 Å². The maximum absolute atomic E-state index is 12.1. The van der Waals surface area contributed by atoms with Crippen LogP contribution in [0.4, 0.5) is 0 Å². The third-order valence-corrected chi connectivity index (χ3v) is 6.11. The molecule has 0 heterocycles. The summed E-state index contributed by atoms with van der Waals surface area (Å²) in [5.74, 6) is -2.16. The number of ether oxygens (including phenoxy) is 6. The number of thiol groups is 4. The first-order chi connectivity index (χ1) is 19.5. The standard InChI is InChI=1S/C24H39NO12S4/c1-18(26)33-13-23(10-25-31,14-34-19(27)2-6-38)11-32-12-24(15-35-20(28)3-7-39,16-36-21(29)4-8-40)17-37-22(30)5-9-41/h38-41H,2-17H2,1H3. The van der Waals surface area contributed by atoms with Gasteiger partial charge in [0.25, 0.3) is 0 Å². The zero-order chi connectivity index (χ0) is 31.2. The molecule has 0 N–H and O–H groups in total. The van der Waals surface area contributed by atoms with Crippen molar-refractivity contribution >= 4 is 80.4 Å². The highest BCUT2D eigenvalue weighted by Crippen LogP contribution is 2.26. The molecule has 0 aromatic carbocycles. The third-order valence-electron chi connectivity index (χ3n) is 5.22. The monoisotopic (exact) mass is 661 g/mol. The predicted molar refractivity (Wildman–Crippen MR) is 161 cm³/mol. The predicted octanol–water partition coefficient (Wildman–Crippen LogP) is 1.76. The van der Waals surface area contributed by atoms with E-state index in [1.54, 1.807) is 0 Å². The van der Waals surface area contributed by atoms with Crippen molar-refractivity contribution < 1.29 is 52.4 Å². The van der Waals surface area contributed by atoms with E-state index in [0.29, 0.717) is 0 Å². The lowest BCUT2D eigenvalue weighted by Crippen LogP contribution is -2.46. The largest absolute Gasteiger partial charge is 0.465 e. The number of esters is 5. The quantitative estimate of drug-likeness (QED) is 0.0513. The topological polar surface area (TPSA) is 170 Å². The van der Waals surface area contributed by atoms with Crippen LogP contribution in [0.2, 0.25) is 0 Å². The Bertz CT molecular complexity index is 792. The van der Waals surface area contributed by atoms with Crippen molar-refractivity contribution in [2.24, 2.45) is 16.0 Å². The van der Waals surface area contributed by atoms with E-state index in [-0.39, 0.29) is 94.9 Å². The molecule has 0 radical (unpaired) electrons. The number of hydrogen-bond donors (Lipinski definition) is 4. The summed E-state index contributed by atoms with van der Waals surface area (Å²) in [6, 6.07) is 0. The van der Waals surface area contributed by atoms with Crippen LogP contribution in [0.15, 0.2) is 5.18 Å². The summed E-state index contributed by atoms with van der Waals surface area (Å²) in [6.07, 6.45) is -0.0224. The van der Waals surface area contributed by atoms with Gasteiger partial charge >= 0.3 is 29.8 Å². The van der Waals surface area contributed by atoms with E-state index in [1.807, 2.05) is 0 Å². The number of carbonyl (C=O) groups is 5. The first kappa shape index (κ1) is 39.3. The number of carbonyl (C=O) groups excluding carboxylic acids is 5. The average molecular weight is 662 g/mol. The molecule has 0 fully saturated rings. The molecule has 17 heteroatoms. The Morgan fingerprint density at radius 1 is 0.537 bits per heavy atom. The SMILES string of the molecule is CC(=O)OCC(CN=O)(COCC(COC(=O)CCS)(COC(=O)CCS)COC(=O)CCS)COC(=O)CCS. The van der Waals surface area contributed by atoms with Gasteiger partial charge in [0.2, 0.25) is 0 Å². The maximum Gasteiger partial charge on any atom is 0.306 e. The molecule has 13 nitrogen and oxygen atoms in total. The van der Waals surface area contributed by atoms with Crippen molar-refractivity contribution in [3.63, 3.8) is 0 Å². The van der Waals surface area contributed by atoms with Gasteiger partial charge in [-0.1, -0.05) is 5.18 Å². The van der Waals surface area contributed by atoms with Crippen LogP contribution >= 0.6 is 50.5 Å². The zero-order valence-corrected chi connectivity index (χ0v) is 26.5. The molecular weight excluding hydrogens is 623 g/mol. The lowest BCUT2D eigenvalue weighted by atomic mass is 9.89. The molecule has 0 aromatic rings. The van der Waals surface area contributed by atoms with Gasteiger partial charge in [-0.15, -0.1) is 0 Å². The summed E-state index contributed by atoms with van der Waals surface area (Å²) in [6.45, 7) is -1.82. The van der Waals surface area contributed by atoms with Gasteiger partial charge < -0.3 is 28.4 Å². The highest BCUT2D eigenvalue weighted by atomic mass is 32.1. The minimum atomic E-state index is -1.38. The third kappa shape index (κ3) is 18.5. The highest BCUT2D eigenvalue weighted by Gasteiger charge is 2.40. The van der Waals surface area contributed by atoms with Crippen molar-refractivity contribution in [2.45, 2.75) is 32.6 Å². The Balaban J connectivity index is 6.07. The molecule has 236 valence electrons. The Hall–Kier alpha value is -1.69. The smallest absolute Gasteiger partial charge is 0.306 e. The van der Waals surface area contributed by atoms with Crippen molar-refractivity contribution in [2.75, 3.05) is 75.8 Å². The van der Waals surface area contributed by atoms with E-state index < -0.39 is 47.2 Å². The second-order valence-electron chi connectivity index (χ2n) is 9.10. The lowest BCUT2D eigenvalue weighted by Gasteiger charge is -2.35. The first-order valence-corrected chi connectivity index (χ1v) is 15.1. The summed E-state index contributed by atoms with van der Waals surface area (Å²) in [5.41, 5.74) is -2.76. The Morgan fingerprint density at radius 2 is 0.854 bits per heavy atom. The van der Waals surface area contributed by atoms with Crippen LogP contribution in [0.25, 0.3) is 0 Å². The van der Waals surface area contributed by atoms with E-state index in [4.69, 9.17) is 28.4 Å². The number of nitroso groups, excluding NO2 is 1. The molecule has 0 saturated heterocycles. The van der Waals surface area contributed by atoms with Crippen molar-refractivity contribution in [1.82, 2.24) is 0 Å². The van der Waals surface area contributed by atoms with Crippen LogP contribution in [0.3, 0.4) is 0 Å². The molecule has 0 aliphatic carbocycles. The van der Waals surface area contributed by atoms with Crippen LogP contribution in [0.5, 0.6) is 0 Å². The minimum Gasteiger partial charge on any atom is -0.465 e. The maximum atomic E-state index is 12.1. The fraction of sp³-hybridized carbons (Fsp3) is 0.792. The van der Waals surface area contributed by atoms with Crippen molar-refractivity contribution in [3.8, 4) is 0 Å². The van der Waals surface area contributed by atoms with Gasteiger partial charge in [-0.05, 0) is 0 Å². The minimum absolute atomic E-state index is 0.00179. The lowest BCUT2D eigenvalue weighted by molar-refractivity contribution is -0.170. The Kier molecular flexibility index (Phi) is 21.9. The van der Waals surface area contributed by atoms with E-state index in [2.05, 4.69) is 55.7 Å². The number of nitrogens with zero attached hydrogens (tertiary/aromatic N) is 1. The Labute approximate surface area is 261 Å². The molecule has 0 aliphatic rings. The van der Waals surface area contributed by atoms with Gasteiger partial charge in [-0.3, -0.25) is 24.0 Å². The van der Waals surface area contributed by atoms with Crippen molar-refractivity contribution in [3.05, 3.63) is 4.91 Å². The van der Waals surface area contributed by atoms with E-state index in [9.17, 15) is 28.9 Å². The van der Waals surface area contributed by atoms with Crippen LogP contribution in [-0.4, -0.2) is 106 Å². The molecule has 41 heavy (non-hydrogen) atoms. The molecule has 0 spiro atoms. The molecule has 0 saturated carbocycles. The van der Waals surface area contributed by atoms with Gasteiger partial charge in [0.15, 0.2) is 0 Å². The van der Waals surface area contributed by atoms with Crippen LogP contribution in [0, 0.1) is 15.7 Å². The summed E-state index contributed by atoms with van der Waals surface area (Å²) in [4.78, 5) is 71.3. The molecule has 1 unspecified atom stereocenters. The highest BCUT2D eigenvalue weighted by molar-refractivity contribution is 7.80. The summed E-state index contributed by atoms with van der Waals surface area (Å²) in [5, 5.41) is 2.91. The molecule has 0 aromatic heterocycles.